The Morgan fingerprint density at radius 1 is 1.12 bits per heavy atom. The van der Waals surface area contributed by atoms with Crippen molar-refractivity contribution in [2.45, 2.75) is 58.4 Å². The van der Waals surface area contributed by atoms with E-state index in [4.69, 9.17) is 0 Å². The molecule has 0 aromatic rings. The summed E-state index contributed by atoms with van der Waals surface area (Å²) in [6.07, 6.45) is 12.9. The van der Waals surface area contributed by atoms with Gasteiger partial charge in [0.25, 0.3) is 0 Å². The highest BCUT2D eigenvalue weighted by Gasteiger charge is 2.25. The van der Waals surface area contributed by atoms with Gasteiger partial charge in [0.2, 0.25) is 0 Å². The third-order valence-corrected chi connectivity index (χ3v) is 4.50. The van der Waals surface area contributed by atoms with E-state index >= 15 is 0 Å². The monoisotopic (exact) mass is 221 g/mol. The van der Waals surface area contributed by atoms with Crippen LogP contribution in [-0.4, -0.2) is 12.6 Å². The molecule has 2 rings (SSSR count). The SMILES string of the molecule is CC1CCC(C)C(NCC2CC=CCC2)C1. The lowest BCUT2D eigenvalue weighted by atomic mass is 9.80. The first-order valence-corrected chi connectivity index (χ1v) is 7.14. The van der Waals surface area contributed by atoms with Gasteiger partial charge >= 0.3 is 0 Å². The van der Waals surface area contributed by atoms with Gasteiger partial charge in [-0.25, -0.2) is 0 Å². The molecule has 0 heterocycles. The van der Waals surface area contributed by atoms with Gasteiger partial charge in [-0.15, -0.1) is 0 Å². The van der Waals surface area contributed by atoms with Crippen LogP contribution in [0.4, 0.5) is 0 Å². The highest BCUT2D eigenvalue weighted by molar-refractivity contribution is 4.91. The van der Waals surface area contributed by atoms with Gasteiger partial charge in [-0.2, -0.15) is 0 Å². The minimum Gasteiger partial charge on any atom is -0.313 e. The lowest BCUT2D eigenvalue weighted by molar-refractivity contribution is 0.219. The molecule has 0 spiro atoms. The van der Waals surface area contributed by atoms with Crippen LogP contribution in [0.5, 0.6) is 0 Å². The van der Waals surface area contributed by atoms with Crippen molar-refractivity contribution in [3.05, 3.63) is 12.2 Å². The topological polar surface area (TPSA) is 12.0 Å². The van der Waals surface area contributed by atoms with E-state index < -0.39 is 0 Å². The largest absolute Gasteiger partial charge is 0.313 e. The maximum absolute atomic E-state index is 3.84. The molecule has 4 atom stereocenters. The van der Waals surface area contributed by atoms with Crippen molar-refractivity contribution in [3.63, 3.8) is 0 Å². The molecule has 1 saturated carbocycles. The Balaban J connectivity index is 1.73. The van der Waals surface area contributed by atoms with Crippen LogP contribution in [0, 0.1) is 17.8 Å². The van der Waals surface area contributed by atoms with Crippen molar-refractivity contribution in [3.8, 4) is 0 Å². The van der Waals surface area contributed by atoms with Gasteiger partial charge in [0.15, 0.2) is 0 Å². The Labute approximate surface area is 101 Å². The van der Waals surface area contributed by atoms with E-state index in [0.29, 0.717) is 0 Å². The molecule has 1 fully saturated rings. The molecule has 0 aromatic heterocycles. The Hall–Kier alpha value is -0.300. The predicted molar refractivity (Wildman–Crippen MR) is 70.5 cm³/mol. The lowest BCUT2D eigenvalue weighted by Crippen LogP contribution is -2.41. The fourth-order valence-electron chi connectivity index (χ4n) is 3.18. The smallest absolute Gasteiger partial charge is 0.00953 e. The maximum Gasteiger partial charge on any atom is 0.00953 e. The first-order valence-electron chi connectivity index (χ1n) is 7.14. The van der Waals surface area contributed by atoms with Crippen LogP contribution in [0.15, 0.2) is 12.2 Å². The highest BCUT2D eigenvalue weighted by Crippen LogP contribution is 2.28. The van der Waals surface area contributed by atoms with Gasteiger partial charge in [-0.05, 0) is 56.4 Å². The van der Waals surface area contributed by atoms with Gasteiger partial charge < -0.3 is 5.32 Å². The van der Waals surface area contributed by atoms with Gasteiger partial charge in [0, 0.05) is 6.04 Å². The van der Waals surface area contributed by atoms with Crippen molar-refractivity contribution in [2.75, 3.05) is 6.54 Å². The van der Waals surface area contributed by atoms with Crippen LogP contribution in [-0.2, 0) is 0 Å². The van der Waals surface area contributed by atoms with Crippen molar-refractivity contribution in [1.82, 2.24) is 5.32 Å². The number of nitrogens with one attached hydrogen (secondary N) is 1. The Morgan fingerprint density at radius 2 is 2.00 bits per heavy atom. The highest BCUT2D eigenvalue weighted by atomic mass is 14.9. The van der Waals surface area contributed by atoms with E-state index in [0.717, 1.165) is 23.8 Å². The third-order valence-electron chi connectivity index (χ3n) is 4.50. The molecular weight excluding hydrogens is 194 g/mol. The molecule has 0 aromatic carbocycles. The molecule has 0 radical (unpaired) electrons. The van der Waals surface area contributed by atoms with E-state index in [2.05, 4.69) is 31.3 Å². The molecule has 16 heavy (non-hydrogen) atoms. The molecule has 0 saturated heterocycles. The van der Waals surface area contributed by atoms with Gasteiger partial charge in [-0.3, -0.25) is 0 Å². The zero-order chi connectivity index (χ0) is 11.4. The summed E-state index contributed by atoms with van der Waals surface area (Å²) >= 11 is 0. The van der Waals surface area contributed by atoms with E-state index in [1.807, 2.05) is 0 Å². The minimum atomic E-state index is 0.787. The van der Waals surface area contributed by atoms with Crippen molar-refractivity contribution in [1.29, 1.82) is 0 Å². The van der Waals surface area contributed by atoms with E-state index in [1.165, 1.54) is 45.1 Å². The summed E-state index contributed by atoms with van der Waals surface area (Å²) in [4.78, 5) is 0. The molecule has 0 amide bonds. The average Bonchev–Trinajstić information content (AvgIpc) is 2.32. The van der Waals surface area contributed by atoms with Gasteiger partial charge in [-0.1, -0.05) is 32.4 Å². The van der Waals surface area contributed by atoms with Crippen molar-refractivity contribution < 1.29 is 0 Å². The molecule has 4 unspecified atom stereocenters. The zero-order valence-corrected chi connectivity index (χ0v) is 10.9. The molecule has 2 aliphatic rings. The number of rotatable bonds is 3. The molecule has 2 aliphatic carbocycles. The molecule has 1 heteroatoms. The zero-order valence-electron chi connectivity index (χ0n) is 10.9. The first-order chi connectivity index (χ1) is 7.75. The summed E-state index contributed by atoms with van der Waals surface area (Å²) in [5, 5.41) is 3.84. The summed E-state index contributed by atoms with van der Waals surface area (Å²) in [7, 11) is 0. The summed E-state index contributed by atoms with van der Waals surface area (Å²) < 4.78 is 0. The van der Waals surface area contributed by atoms with Crippen LogP contribution in [0.25, 0.3) is 0 Å². The number of hydrogen-bond donors (Lipinski definition) is 1. The summed E-state index contributed by atoms with van der Waals surface area (Å²) in [6.45, 7) is 6.07. The van der Waals surface area contributed by atoms with Crippen LogP contribution in [0.3, 0.4) is 0 Å². The van der Waals surface area contributed by atoms with Crippen LogP contribution >= 0.6 is 0 Å². The Bertz CT molecular complexity index is 234. The van der Waals surface area contributed by atoms with Gasteiger partial charge in [0.05, 0.1) is 0 Å². The fourth-order valence-corrected chi connectivity index (χ4v) is 3.18. The summed E-state index contributed by atoms with van der Waals surface area (Å²) in [5.74, 6) is 2.71. The van der Waals surface area contributed by atoms with E-state index in [9.17, 15) is 0 Å². The molecule has 0 bridgehead atoms. The van der Waals surface area contributed by atoms with E-state index in [-0.39, 0.29) is 0 Å². The number of allylic oxidation sites excluding steroid dienone is 2. The summed E-state index contributed by atoms with van der Waals surface area (Å²) in [6, 6.07) is 0.787. The first kappa shape index (κ1) is 12.2. The number of hydrogen-bond acceptors (Lipinski definition) is 1. The van der Waals surface area contributed by atoms with Crippen LogP contribution in [0.1, 0.15) is 52.4 Å². The standard InChI is InChI=1S/C15H27N/c1-12-8-9-13(2)15(10-12)16-11-14-6-4-3-5-7-14/h3-4,12-16H,5-11H2,1-2H3. The molecule has 0 aliphatic heterocycles. The van der Waals surface area contributed by atoms with Crippen LogP contribution < -0.4 is 5.32 Å². The third kappa shape index (κ3) is 3.35. The Morgan fingerprint density at radius 3 is 2.75 bits per heavy atom. The molecule has 1 N–H and O–H groups in total. The lowest BCUT2D eigenvalue weighted by Gasteiger charge is -2.34. The second-order valence-electron chi connectivity index (χ2n) is 6.06. The Kier molecular flexibility index (Phi) is 4.45. The molecule has 92 valence electrons. The van der Waals surface area contributed by atoms with Gasteiger partial charge in [0.1, 0.15) is 0 Å². The van der Waals surface area contributed by atoms with Crippen LogP contribution in [0.2, 0.25) is 0 Å². The normalized spacial score (nSPS) is 39.9. The van der Waals surface area contributed by atoms with Crippen molar-refractivity contribution in [2.24, 2.45) is 17.8 Å². The minimum absolute atomic E-state index is 0.787. The second kappa shape index (κ2) is 5.86. The maximum atomic E-state index is 3.84. The fraction of sp³-hybridized carbons (Fsp3) is 0.867. The average molecular weight is 221 g/mol. The predicted octanol–water partition coefficient (Wildman–Crippen LogP) is 3.76. The van der Waals surface area contributed by atoms with Crippen molar-refractivity contribution >= 4 is 0 Å². The summed E-state index contributed by atoms with van der Waals surface area (Å²) in [5.41, 5.74) is 0. The van der Waals surface area contributed by atoms with E-state index in [1.54, 1.807) is 0 Å². The second-order valence-corrected chi connectivity index (χ2v) is 6.06. The quantitative estimate of drug-likeness (QED) is 0.716. The molecule has 1 nitrogen and oxygen atoms in total. The molecular formula is C15H27N.